The van der Waals surface area contributed by atoms with E-state index < -0.39 is 6.10 Å². The Kier molecular flexibility index (Phi) is 2.74. The summed E-state index contributed by atoms with van der Waals surface area (Å²) in [6, 6.07) is 0.662. The van der Waals surface area contributed by atoms with Crippen molar-refractivity contribution in [3.63, 3.8) is 0 Å². The van der Waals surface area contributed by atoms with Crippen LogP contribution in [0.5, 0.6) is 0 Å². The number of nitrogens with zero attached hydrogens (tertiary/aromatic N) is 1. The number of hydrogen-bond acceptors (Lipinski definition) is 4. The first-order valence-electron chi connectivity index (χ1n) is 5.22. The summed E-state index contributed by atoms with van der Waals surface area (Å²) < 4.78 is 4.68. The van der Waals surface area contributed by atoms with Crippen molar-refractivity contribution in [3.8, 4) is 0 Å². The molecule has 0 amide bonds. The standard InChI is InChI=1S/C10H17NO3/c1-14-10(13)8-6-11(7-2-3-7)5-4-9(8)12/h7-9,12H,2-6H2,1H3/t8-,9-/m1/s1. The molecule has 0 aromatic carbocycles. The normalized spacial score (nSPS) is 34.1. The van der Waals surface area contributed by atoms with Gasteiger partial charge in [-0.15, -0.1) is 0 Å². The van der Waals surface area contributed by atoms with E-state index in [0.29, 0.717) is 19.0 Å². The Morgan fingerprint density at radius 3 is 2.71 bits per heavy atom. The lowest BCUT2D eigenvalue weighted by Gasteiger charge is -2.34. The Morgan fingerprint density at radius 2 is 2.14 bits per heavy atom. The van der Waals surface area contributed by atoms with Crippen LogP contribution in [0.2, 0.25) is 0 Å². The molecule has 0 aromatic heterocycles. The number of carbonyl (C=O) groups is 1. The van der Waals surface area contributed by atoms with Crippen molar-refractivity contribution in [1.82, 2.24) is 4.90 Å². The second kappa shape index (κ2) is 3.87. The van der Waals surface area contributed by atoms with Gasteiger partial charge in [-0.05, 0) is 19.3 Å². The summed E-state index contributed by atoms with van der Waals surface area (Å²) >= 11 is 0. The van der Waals surface area contributed by atoms with Gasteiger partial charge in [0, 0.05) is 19.1 Å². The van der Waals surface area contributed by atoms with Gasteiger partial charge in [-0.1, -0.05) is 0 Å². The first kappa shape index (κ1) is 9.93. The molecular weight excluding hydrogens is 182 g/mol. The van der Waals surface area contributed by atoms with Gasteiger partial charge in [0.1, 0.15) is 0 Å². The van der Waals surface area contributed by atoms with Crippen LogP contribution in [-0.4, -0.2) is 48.3 Å². The average Bonchev–Trinajstić information content (AvgIpc) is 3.01. The van der Waals surface area contributed by atoms with Crippen molar-refractivity contribution in [1.29, 1.82) is 0 Å². The Morgan fingerprint density at radius 1 is 1.43 bits per heavy atom. The van der Waals surface area contributed by atoms with Gasteiger partial charge < -0.3 is 9.84 Å². The number of methoxy groups -OCH3 is 1. The van der Waals surface area contributed by atoms with Gasteiger partial charge in [0.15, 0.2) is 0 Å². The maximum absolute atomic E-state index is 11.4. The van der Waals surface area contributed by atoms with Gasteiger partial charge in [0.05, 0.1) is 19.1 Å². The number of carbonyl (C=O) groups excluding carboxylic acids is 1. The molecule has 2 fully saturated rings. The van der Waals surface area contributed by atoms with E-state index in [4.69, 9.17) is 0 Å². The van der Waals surface area contributed by atoms with Crippen LogP contribution in [0.1, 0.15) is 19.3 Å². The van der Waals surface area contributed by atoms with E-state index >= 15 is 0 Å². The van der Waals surface area contributed by atoms with Gasteiger partial charge in [-0.3, -0.25) is 9.69 Å². The molecule has 0 bridgehead atoms. The zero-order valence-corrected chi connectivity index (χ0v) is 8.48. The highest BCUT2D eigenvalue weighted by Gasteiger charge is 2.39. The number of likely N-dealkylation sites (tertiary alicyclic amines) is 1. The summed E-state index contributed by atoms with van der Waals surface area (Å²) in [5, 5.41) is 9.66. The van der Waals surface area contributed by atoms with Crippen LogP contribution in [0, 0.1) is 5.92 Å². The monoisotopic (exact) mass is 199 g/mol. The largest absolute Gasteiger partial charge is 0.469 e. The molecule has 1 aliphatic carbocycles. The smallest absolute Gasteiger partial charge is 0.312 e. The molecule has 0 unspecified atom stereocenters. The van der Waals surface area contributed by atoms with Gasteiger partial charge >= 0.3 is 5.97 Å². The molecule has 0 spiro atoms. The van der Waals surface area contributed by atoms with Gasteiger partial charge in [0.25, 0.3) is 0 Å². The van der Waals surface area contributed by atoms with Crippen molar-refractivity contribution in [2.75, 3.05) is 20.2 Å². The lowest BCUT2D eigenvalue weighted by atomic mass is 9.95. The first-order valence-corrected chi connectivity index (χ1v) is 5.22. The molecule has 1 heterocycles. The van der Waals surface area contributed by atoms with Crippen LogP contribution in [0.4, 0.5) is 0 Å². The maximum atomic E-state index is 11.4. The number of rotatable bonds is 2. The van der Waals surface area contributed by atoms with E-state index in [1.165, 1.54) is 20.0 Å². The number of hydrogen-bond donors (Lipinski definition) is 1. The van der Waals surface area contributed by atoms with E-state index in [2.05, 4.69) is 9.64 Å². The minimum Gasteiger partial charge on any atom is -0.469 e. The topological polar surface area (TPSA) is 49.8 Å². The van der Waals surface area contributed by atoms with E-state index in [1.54, 1.807) is 0 Å². The van der Waals surface area contributed by atoms with Crippen LogP contribution < -0.4 is 0 Å². The SMILES string of the molecule is COC(=O)[C@@H]1CN(C2CC2)CC[C@H]1O. The molecule has 1 saturated carbocycles. The lowest BCUT2D eigenvalue weighted by molar-refractivity contribution is -0.152. The van der Waals surface area contributed by atoms with Gasteiger partial charge in [-0.25, -0.2) is 0 Å². The minimum atomic E-state index is -0.516. The molecule has 1 N–H and O–H groups in total. The number of ether oxygens (including phenoxy) is 1. The molecule has 0 aromatic rings. The summed E-state index contributed by atoms with van der Waals surface area (Å²) in [5.41, 5.74) is 0. The summed E-state index contributed by atoms with van der Waals surface area (Å²) in [6.07, 6.45) is 2.65. The van der Waals surface area contributed by atoms with Crippen LogP contribution in [0.3, 0.4) is 0 Å². The highest BCUT2D eigenvalue weighted by molar-refractivity contribution is 5.73. The second-order valence-corrected chi connectivity index (χ2v) is 4.21. The van der Waals surface area contributed by atoms with Crippen molar-refractivity contribution >= 4 is 5.97 Å². The maximum Gasteiger partial charge on any atom is 0.312 e. The molecule has 4 nitrogen and oxygen atoms in total. The Hall–Kier alpha value is -0.610. The first-order chi connectivity index (χ1) is 6.72. The molecular formula is C10H17NO3. The van der Waals surface area contributed by atoms with Crippen molar-refractivity contribution in [3.05, 3.63) is 0 Å². The molecule has 4 heteroatoms. The molecule has 1 saturated heterocycles. The van der Waals surface area contributed by atoms with Crippen LogP contribution in [-0.2, 0) is 9.53 Å². The van der Waals surface area contributed by atoms with Gasteiger partial charge in [0.2, 0.25) is 0 Å². The predicted molar refractivity (Wildman–Crippen MR) is 50.7 cm³/mol. The summed E-state index contributed by atoms with van der Waals surface area (Å²) in [5.74, 6) is -0.614. The van der Waals surface area contributed by atoms with Crippen molar-refractivity contribution in [2.45, 2.75) is 31.4 Å². The molecule has 14 heavy (non-hydrogen) atoms. The highest BCUT2D eigenvalue weighted by Crippen LogP contribution is 2.31. The fraction of sp³-hybridized carbons (Fsp3) is 0.900. The molecule has 1 aliphatic heterocycles. The number of piperidine rings is 1. The highest BCUT2D eigenvalue weighted by atomic mass is 16.5. The van der Waals surface area contributed by atoms with E-state index in [1.807, 2.05) is 0 Å². The third-order valence-corrected chi connectivity index (χ3v) is 3.17. The molecule has 2 aliphatic rings. The summed E-state index contributed by atoms with van der Waals surface area (Å²) in [4.78, 5) is 13.7. The third-order valence-electron chi connectivity index (χ3n) is 3.17. The van der Waals surface area contributed by atoms with Crippen molar-refractivity contribution < 1.29 is 14.6 Å². The molecule has 2 rings (SSSR count). The quantitative estimate of drug-likeness (QED) is 0.636. The van der Waals surface area contributed by atoms with Crippen LogP contribution in [0.25, 0.3) is 0 Å². The Labute approximate surface area is 83.8 Å². The second-order valence-electron chi connectivity index (χ2n) is 4.21. The minimum absolute atomic E-state index is 0.275. The third kappa shape index (κ3) is 1.91. The average molecular weight is 199 g/mol. The van der Waals surface area contributed by atoms with Crippen LogP contribution in [0.15, 0.2) is 0 Å². The van der Waals surface area contributed by atoms with E-state index in [9.17, 15) is 9.90 Å². The molecule has 0 radical (unpaired) electrons. The number of aliphatic hydroxyl groups excluding tert-OH is 1. The number of aliphatic hydroxyl groups is 1. The Bertz CT molecular complexity index is 227. The zero-order valence-electron chi connectivity index (χ0n) is 8.48. The molecule has 2 atom stereocenters. The molecule has 80 valence electrons. The van der Waals surface area contributed by atoms with E-state index in [-0.39, 0.29) is 11.9 Å². The lowest BCUT2D eigenvalue weighted by Crippen LogP contribution is -2.47. The fourth-order valence-electron chi connectivity index (χ4n) is 2.12. The Balaban J connectivity index is 1.95. The predicted octanol–water partition coefficient (Wildman–Crippen LogP) is 0.00460. The van der Waals surface area contributed by atoms with Crippen molar-refractivity contribution in [2.24, 2.45) is 5.92 Å². The van der Waals surface area contributed by atoms with Gasteiger partial charge in [-0.2, -0.15) is 0 Å². The number of esters is 1. The summed E-state index contributed by atoms with van der Waals surface area (Å²) in [7, 11) is 1.38. The fourth-order valence-corrected chi connectivity index (χ4v) is 2.12. The van der Waals surface area contributed by atoms with E-state index in [0.717, 1.165) is 6.54 Å². The zero-order chi connectivity index (χ0) is 10.1. The van der Waals surface area contributed by atoms with Crippen LogP contribution >= 0.6 is 0 Å². The summed E-state index contributed by atoms with van der Waals surface area (Å²) in [6.45, 7) is 1.58.